The minimum absolute atomic E-state index is 0.0800. The normalized spacial score (nSPS) is 12.2. The summed E-state index contributed by atoms with van der Waals surface area (Å²) < 4.78 is 14.2. The van der Waals surface area contributed by atoms with Crippen molar-refractivity contribution in [2.45, 2.75) is 6.04 Å². The van der Waals surface area contributed by atoms with Gasteiger partial charge in [-0.05, 0) is 29.6 Å². The summed E-state index contributed by atoms with van der Waals surface area (Å²) in [6.45, 7) is 0. The van der Waals surface area contributed by atoms with Crippen molar-refractivity contribution in [3.8, 4) is 0 Å². The molecule has 26 heavy (non-hydrogen) atoms. The molecule has 0 radical (unpaired) electrons. The third-order valence-electron chi connectivity index (χ3n) is 4.54. The lowest BCUT2D eigenvalue weighted by Gasteiger charge is -2.28. The lowest BCUT2D eigenvalue weighted by atomic mass is 10.0. The van der Waals surface area contributed by atoms with Crippen LogP contribution in [0.25, 0.3) is 10.9 Å². The number of aromatic nitrogens is 1. The van der Waals surface area contributed by atoms with E-state index in [-0.39, 0.29) is 17.5 Å². The molecule has 130 valence electrons. The number of thiophene rings is 1. The van der Waals surface area contributed by atoms with Crippen LogP contribution in [0.2, 0.25) is 0 Å². The van der Waals surface area contributed by atoms with Gasteiger partial charge in [0.1, 0.15) is 5.82 Å². The van der Waals surface area contributed by atoms with E-state index < -0.39 is 5.82 Å². The molecule has 0 bridgehead atoms. The number of carbonyl (C=O) groups is 1. The number of amides is 1. The number of halogens is 1. The number of nitrogens with zero attached hydrogens (tertiary/aromatic N) is 1. The van der Waals surface area contributed by atoms with Crippen molar-refractivity contribution in [2.24, 2.45) is 0 Å². The first kappa shape index (κ1) is 16.5. The maximum atomic E-state index is 14.2. The Bertz CT molecular complexity index is 1050. The number of carbonyl (C=O) groups excluding carboxylic acids is 1. The molecule has 2 aromatic heterocycles. The minimum Gasteiger partial charge on any atom is -0.361 e. The quantitative estimate of drug-likeness (QED) is 0.529. The molecule has 4 aromatic rings. The van der Waals surface area contributed by atoms with Gasteiger partial charge in [-0.25, -0.2) is 4.39 Å². The molecule has 1 N–H and O–H groups in total. The third kappa shape index (κ3) is 2.80. The van der Waals surface area contributed by atoms with Gasteiger partial charge in [-0.3, -0.25) is 4.79 Å². The fraction of sp³-hybridized carbons (Fsp3) is 0.0952. The van der Waals surface area contributed by atoms with E-state index >= 15 is 0 Å². The second kappa shape index (κ2) is 6.77. The summed E-state index contributed by atoms with van der Waals surface area (Å²) in [6, 6.07) is 17.7. The zero-order valence-corrected chi connectivity index (χ0v) is 15.0. The van der Waals surface area contributed by atoms with Crippen LogP contribution in [0.4, 0.5) is 4.39 Å². The Balaban J connectivity index is 1.82. The Morgan fingerprint density at radius 2 is 1.85 bits per heavy atom. The minimum atomic E-state index is -0.506. The number of H-pyrrole nitrogens is 1. The second-order valence-corrected chi connectivity index (χ2v) is 7.08. The Labute approximate surface area is 154 Å². The molecule has 0 fully saturated rings. The first-order valence-corrected chi connectivity index (χ1v) is 9.16. The molecule has 1 amide bonds. The Kier molecular flexibility index (Phi) is 4.31. The van der Waals surface area contributed by atoms with Crippen LogP contribution in [0.5, 0.6) is 0 Å². The molecule has 0 aliphatic rings. The van der Waals surface area contributed by atoms with Gasteiger partial charge in [-0.2, -0.15) is 0 Å². The predicted molar refractivity (Wildman–Crippen MR) is 103 cm³/mol. The van der Waals surface area contributed by atoms with Crippen molar-refractivity contribution in [1.82, 2.24) is 9.88 Å². The van der Waals surface area contributed by atoms with E-state index in [1.807, 2.05) is 48.0 Å². The Morgan fingerprint density at radius 3 is 2.62 bits per heavy atom. The molecule has 3 nitrogen and oxygen atoms in total. The molecular formula is C21H17FN2OS. The summed E-state index contributed by atoms with van der Waals surface area (Å²) in [7, 11) is 1.72. The fourth-order valence-corrected chi connectivity index (χ4v) is 4.15. The number of benzene rings is 2. The molecule has 2 aromatic carbocycles. The van der Waals surface area contributed by atoms with E-state index in [2.05, 4.69) is 4.98 Å². The van der Waals surface area contributed by atoms with Gasteiger partial charge in [0.05, 0.1) is 11.6 Å². The highest BCUT2D eigenvalue weighted by Gasteiger charge is 2.28. The van der Waals surface area contributed by atoms with Gasteiger partial charge in [-0.15, -0.1) is 11.3 Å². The molecule has 0 unspecified atom stereocenters. The molecule has 0 aliphatic carbocycles. The summed E-state index contributed by atoms with van der Waals surface area (Å²) in [5.41, 5.74) is 2.09. The van der Waals surface area contributed by atoms with Crippen LogP contribution in [0.3, 0.4) is 0 Å². The van der Waals surface area contributed by atoms with Crippen molar-refractivity contribution < 1.29 is 9.18 Å². The molecule has 1 atom stereocenters. The predicted octanol–water partition coefficient (Wildman–Crippen LogP) is 5.23. The maximum Gasteiger partial charge on any atom is 0.257 e. The first-order valence-electron chi connectivity index (χ1n) is 8.28. The molecule has 4 rings (SSSR count). The van der Waals surface area contributed by atoms with Crippen molar-refractivity contribution in [1.29, 1.82) is 0 Å². The highest BCUT2D eigenvalue weighted by atomic mass is 32.1. The van der Waals surface area contributed by atoms with Crippen molar-refractivity contribution in [3.63, 3.8) is 0 Å². The zero-order valence-electron chi connectivity index (χ0n) is 14.1. The zero-order chi connectivity index (χ0) is 18.1. The fourth-order valence-electron chi connectivity index (χ4n) is 3.26. The third-order valence-corrected chi connectivity index (χ3v) is 5.47. The van der Waals surface area contributed by atoms with Crippen molar-refractivity contribution in [2.75, 3.05) is 7.05 Å². The molecule has 0 saturated heterocycles. The number of fused-ring (bicyclic) bond motifs is 1. The standard InChI is InChI=1S/C21H17FN2OS/c1-24(21(25)15-8-2-4-9-17(15)22)20(19-11-6-12-26-19)16-13-23-18-10-5-3-7-14(16)18/h2-13,20,23H,1H3/t20-/m0/s1. The van der Waals surface area contributed by atoms with Crippen LogP contribution in [-0.4, -0.2) is 22.8 Å². The van der Waals surface area contributed by atoms with Gasteiger partial charge in [0.15, 0.2) is 0 Å². The molecular weight excluding hydrogens is 347 g/mol. The SMILES string of the molecule is CN(C(=O)c1ccccc1F)[C@H](c1cccs1)c1c[nH]c2ccccc12. The Morgan fingerprint density at radius 1 is 1.08 bits per heavy atom. The first-order chi connectivity index (χ1) is 12.7. The number of para-hydroxylation sites is 1. The van der Waals surface area contributed by atoms with E-state index in [1.54, 1.807) is 35.4 Å². The number of hydrogen-bond donors (Lipinski definition) is 1. The van der Waals surface area contributed by atoms with E-state index in [9.17, 15) is 9.18 Å². The summed E-state index contributed by atoms with van der Waals surface area (Å²) in [6.07, 6.45) is 1.93. The van der Waals surface area contributed by atoms with Gasteiger partial charge in [-0.1, -0.05) is 36.4 Å². The number of rotatable bonds is 4. The van der Waals surface area contributed by atoms with Gasteiger partial charge < -0.3 is 9.88 Å². The summed E-state index contributed by atoms with van der Waals surface area (Å²) in [5, 5.41) is 3.04. The highest BCUT2D eigenvalue weighted by Crippen LogP contribution is 2.36. The van der Waals surface area contributed by atoms with Gasteiger partial charge >= 0.3 is 0 Å². The summed E-state index contributed by atoms with van der Waals surface area (Å²) >= 11 is 1.58. The highest BCUT2D eigenvalue weighted by molar-refractivity contribution is 7.10. The Hall–Kier alpha value is -2.92. The van der Waals surface area contributed by atoms with Gasteiger partial charge in [0.25, 0.3) is 5.91 Å². The van der Waals surface area contributed by atoms with E-state index in [0.717, 1.165) is 21.3 Å². The second-order valence-electron chi connectivity index (χ2n) is 6.10. The van der Waals surface area contributed by atoms with Gasteiger partial charge in [0, 0.05) is 34.6 Å². The molecule has 0 aliphatic heterocycles. The average molecular weight is 364 g/mol. The number of nitrogens with one attached hydrogen (secondary N) is 1. The molecule has 0 saturated carbocycles. The van der Waals surface area contributed by atoms with Crippen LogP contribution in [-0.2, 0) is 0 Å². The van der Waals surface area contributed by atoms with Crippen molar-refractivity contribution in [3.05, 3.63) is 94.1 Å². The summed E-state index contributed by atoms with van der Waals surface area (Å²) in [5.74, 6) is -0.847. The van der Waals surface area contributed by atoms with Crippen LogP contribution in [0.15, 0.2) is 72.2 Å². The largest absolute Gasteiger partial charge is 0.361 e. The topological polar surface area (TPSA) is 36.1 Å². The molecule has 0 spiro atoms. The van der Waals surface area contributed by atoms with E-state index in [4.69, 9.17) is 0 Å². The average Bonchev–Trinajstić information content (AvgIpc) is 3.33. The maximum absolute atomic E-state index is 14.2. The van der Waals surface area contributed by atoms with E-state index in [1.165, 1.54) is 12.1 Å². The lowest BCUT2D eigenvalue weighted by molar-refractivity contribution is 0.0753. The molecule has 5 heteroatoms. The van der Waals surface area contributed by atoms with Crippen molar-refractivity contribution >= 4 is 28.1 Å². The summed E-state index contributed by atoms with van der Waals surface area (Å²) in [4.78, 5) is 18.9. The van der Waals surface area contributed by atoms with E-state index in [0.29, 0.717) is 0 Å². The number of hydrogen-bond acceptors (Lipinski definition) is 2. The monoisotopic (exact) mass is 364 g/mol. The van der Waals surface area contributed by atoms with Crippen LogP contribution >= 0.6 is 11.3 Å². The van der Waals surface area contributed by atoms with Gasteiger partial charge in [0.2, 0.25) is 0 Å². The molecule has 2 heterocycles. The van der Waals surface area contributed by atoms with Crippen LogP contribution in [0.1, 0.15) is 26.8 Å². The number of aromatic amines is 1. The lowest BCUT2D eigenvalue weighted by Crippen LogP contribution is -2.32. The smallest absolute Gasteiger partial charge is 0.257 e. The van der Waals surface area contributed by atoms with Crippen LogP contribution < -0.4 is 0 Å². The van der Waals surface area contributed by atoms with Crippen LogP contribution in [0, 0.1) is 5.82 Å².